The number of rotatable bonds is 8. The SMILES string of the molecule is COc1cc(N(C)CCN(C)C)c([NH-])cc1Nc1nccc(-c2cn(C)c3ccccc23)n1.[W]. The number of nitrogens with one attached hydrogen (secondary N) is 2. The van der Waals surface area contributed by atoms with Crippen LogP contribution in [0.25, 0.3) is 27.9 Å². The summed E-state index contributed by atoms with van der Waals surface area (Å²) in [5, 5.41) is 4.38. The molecule has 0 amide bonds. The number of hydrogen-bond donors (Lipinski definition) is 1. The third kappa shape index (κ3) is 5.34. The van der Waals surface area contributed by atoms with Gasteiger partial charge in [-0.15, -0.1) is 5.69 Å². The Hall–Kier alpha value is -3.09. The van der Waals surface area contributed by atoms with Gasteiger partial charge in [-0.1, -0.05) is 18.2 Å². The third-order valence-electron chi connectivity index (χ3n) is 5.69. The van der Waals surface area contributed by atoms with Gasteiger partial charge in [-0.05, 0) is 32.3 Å². The zero-order valence-corrected chi connectivity index (χ0v) is 23.1. The van der Waals surface area contributed by atoms with E-state index in [0.717, 1.165) is 40.9 Å². The number of hydrogen-bond acceptors (Lipinski definition) is 6. The summed E-state index contributed by atoms with van der Waals surface area (Å²) in [5.74, 6) is 1.09. The van der Waals surface area contributed by atoms with Crippen molar-refractivity contribution in [3.8, 4) is 17.0 Å². The van der Waals surface area contributed by atoms with Crippen molar-refractivity contribution >= 4 is 33.9 Å². The van der Waals surface area contributed by atoms with E-state index in [-0.39, 0.29) is 21.1 Å². The van der Waals surface area contributed by atoms with E-state index in [1.54, 1.807) is 19.4 Å². The van der Waals surface area contributed by atoms with Crippen LogP contribution in [0.3, 0.4) is 0 Å². The Labute approximate surface area is 215 Å². The molecule has 0 atom stereocenters. The van der Waals surface area contributed by atoms with Crippen LogP contribution < -0.4 is 15.0 Å². The molecule has 0 bridgehead atoms. The first kappa shape index (κ1) is 25.5. The molecule has 0 saturated heterocycles. The second kappa shape index (κ2) is 10.9. The van der Waals surface area contributed by atoms with Gasteiger partial charge in [0.15, 0.2) is 0 Å². The second-order valence-electron chi connectivity index (χ2n) is 8.36. The molecular formula is C25H30N7OW-. The van der Waals surface area contributed by atoms with Crippen molar-refractivity contribution in [3.63, 3.8) is 0 Å². The van der Waals surface area contributed by atoms with Gasteiger partial charge in [-0.2, -0.15) is 0 Å². The van der Waals surface area contributed by atoms with Gasteiger partial charge in [-0.25, -0.2) is 9.97 Å². The van der Waals surface area contributed by atoms with Gasteiger partial charge in [0.2, 0.25) is 5.95 Å². The molecule has 178 valence electrons. The van der Waals surface area contributed by atoms with Crippen LogP contribution in [0.15, 0.2) is 54.9 Å². The Kier molecular flexibility index (Phi) is 8.18. The van der Waals surface area contributed by atoms with Gasteiger partial charge in [-0.3, -0.25) is 0 Å². The van der Waals surface area contributed by atoms with E-state index >= 15 is 0 Å². The molecule has 2 heterocycles. The fourth-order valence-electron chi connectivity index (χ4n) is 3.86. The molecule has 4 aromatic rings. The minimum atomic E-state index is 0. The maximum absolute atomic E-state index is 8.54. The molecule has 8 nitrogen and oxygen atoms in total. The van der Waals surface area contributed by atoms with Crippen LogP contribution in [0.4, 0.5) is 23.0 Å². The zero-order chi connectivity index (χ0) is 23.5. The van der Waals surface area contributed by atoms with Crippen molar-refractivity contribution in [1.82, 2.24) is 19.4 Å². The summed E-state index contributed by atoms with van der Waals surface area (Å²) in [6.07, 6.45) is 3.82. The van der Waals surface area contributed by atoms with E-state index in [4.69, 9.17) is 15.5 Å². The normalized spacial score (nSPS) is 10.9. The van der Waals surface area contributed by atoms with Crippen molar-refractivity contribution in [3.05, 3.63) is 60.6 Å². The van der Waals surface area contributed by atoms with E-state index in [1.807, 2.05) is 52.5 Å². The number of methoxy groups -OCH3 is 1. The molecule has 0 saturated carbocycles. The monoisotopic (exact) mass is 628 g/mol. The quantitative estimate of drug-likeness (QED) is 0.294. The van der Waals surface area contributed by atoms with Crippen LogP contribution in [0.5, 0.6) is 5.75 Å². The molecule has 0 radical (unpaired) electrons. The topological polar surface area (TPSA) is 82.3 Å². The van der Waals surface area contributed by atoms with E-state index in [2.05, 4.69) is 43.0 Å². The molecule has 4 rings (SSSR count). The van der Waals surface area contributed by atoms with Crippen LogP contribution in [-0.4, -0.2) is 60.8 Å². The minimum Gasteiger partial charge on any atom is -0.697 e. The fourth-order valence-corrected chi connectivity index (χ4v) is 3.86. The Balaban J connectivity index is 0.00000324. The number of aromatic nitrogens is 3. The molecule has 0 spiro atoms. The molecular weight excluding hydrogens is 598 g/mol. The molecule has 0 aliphatic heterocycles. The molecule has 0 fully saturated rings. The van der Waals surface area contributed by atoms with Gasteiger partial charge in [0.05, 0.1) is 18.5 Å². The fraction of sp³-hybridized carbons (Fsp3) is 0.280. The summed E-state index contributed by atoms with van der Waals surface area (Å²) in [5.41, 5.74) is 13.4. The van der Waals surface area contributed by atoms with Crippen molar-refractivity contribution < 1.29 is 25.8 Å². The average molecular weight is 628 g/mol. The number of anilines is 3. The standard InChI is InChI=1S/C25H30N7O.W/c1-30(2)12-13-31(3)23-15-24(33-5)21(14-19(23)26)29-25-27-11-10-20(28-25)18-16-32(4)22-9-7-6-8-17(18)22;/h6-11,14-16,26H,12-13H2,1-5H3,(H,27,28,29);/q-1;. The average Bonchev–Trinajstić information content (AvgIpc) is 3.14. The maximum atomic E-state index is 8.54. The Morgan fingerprint density at radius 1 is 1.09 bits per heavy atom. The Bertz CT molecular complexity index is 1270. The molecule has 2 aromatic carbocycles. The Morgan fingerprint density at radius 2 is 1.85 bits per heavy atom. The molecule has 34 heavy (non-hydrogen) atoms. The first-order valence-corrected chi connectivity index (χ1v) is 10.8. The second-order valence-corrected chi connectivity index (χ2v) is 8.36. The van der Waals surface area contributed by atoms with Crippen molar-refractivity contribution in [2.45, 2.75) is 0 Å². The number of aryl methyl sites for hydroxylation is 1. The largest absolute Gasteiger partial charge is 0.697 e. The molecule has 2 aromatic heterocycles. The van der Waals surface area contributed by atoms with Gasteiger partial charge in [0.1, 0.15) is 5.75 Å². The summed E-state index contributed by atoms with van der Waals surface area (Å²) in [7, 11) is 9.72. The zero-order valence-electron chi connectivity index (χ0n) is 20.2. The summed E-state index contributed by atoms with van der Waals surface area (Å²) in [6, 6.07) is 13.8. The van der Waals surface area contributed by atoms with Crippen molar-refractivity contribution in [2.24, 2.45) is 7.05 Å². The van der Waals surface area contributed by atoms with Crippen LogP contribution in [0.1, 0.15) is 0 Å². The van der Waals surface area contributed by atoms with E-state index in [1.165, 1.54) is 0 Å². The summed E-state index contributed by atoms with van der Waals surface area (Å²) >= 11 is 0. The van der Waals surface area contributed by atoms with Gasteiger partial charge < -0.3 is 30.2 Å². The third-order valence-corrected chi connectivity index (χ3v) is 5.69. The van der Waals surface area contributed by atoms with Gasteiger partial charge in [0.25, 0.3) is 0 Å². The number of nitrogens with zero attached hydrogens (tertiary/aromatic N) is 5. The number of ether oxygens (including phenoxy) is 1. The molecule has 0 unspecified atom stereocenters. The number of fused-ring (bicyclic) bond motifs is 1. The summed E-state index contributed by atoms with van der Waals surface area (Å²) < 4.78 is 7.72. The number of para-hydroxylation sites is 1. The summed E-state index contributed by atoms with van der Waals surface area (Å²) in [4.78, 5) is 13.3. The van der Waals surface area contributed by atoms with Gasteiger partial charge >= 0.3 is 0 Å². The van der Waals surface area contributed by atoms with E-state index in [0.29, 0.717) is 23.1 Å². The molecule has 2 N–H and O–H groups in total. The maximum Gasteiger partial charge on any atom is 0.227 e. The predicted molar refractivity (Wildman–Crippen MR) is 136 cm³/mol. The molecule has 0 aliphatic carbocycles. The van der Waals surface area contributed by atoms with E-state index in [9.17, 15) is 0 Å². The minimum absolute atomic E-state index is 0. The first-order valence-electron chi connectivity index (χ1n) is 10.8. The molecule has 0 aliphatic rings. The number of benzene rings is 2. The van der Waals surface area contributed by atoms with Crippen LogP contribution in [0, 0.1) is 0 Å². The smallest absolute Gasteiger partial charge is 0.227 e. The van der Waals surface area contributed by atoms with Crippen molar-refractivity contribution in [2.75, 3.05) is 51.6 Å². The first-order chi connectivity index (χ1) is 15.9. The van der Waals surface area contributed by atoms with Crippen LogP contribution >= 0.6 is 0 Å². The van der Waals surface area contributed by atoms with E-state index < -0.39 is 0 Å². The predicted octanol–water partition coefficient (Wildman–Crippen LogP) is 5.07. The van der Waals surface area contributed by atoms with Crippen molar-refractivity contribution in [1.29, 1.82) is 0 Å². The number of likely N-dealkylation sites (N-methyl/N-ethyl adjacent to an activating group) is 2. The van der Waals surface area contributed by atoms with Gasteiger partial charge in [0, 0.05) is 88.9 Å². The summed E-state index contributed by atoms with van der Waals surface area (Å²) in [6.45, 7) is 1.71. The van der Waals surface area contributed by atoms with Crippen LogP contribution in [-0.2, 0) is 28.1 Å². The Morgan fingerprint density at radius 3 is 2.59 bits per heavy atom. The van der Waals surface area contributed by atoms with Crippen LogP contribution in [0.2, 0.25) is 0 Å². The molecule has 9 heteroatoms.